The average molecular weight is 257 g/mol. The summed E-state index contributed by atoms with van der Waals surface area (Å²) in [6.45, 7) is 2.19. The van der Waals surface area contributed by atoms with E-state index in [0.717, 1.165) is 16.2 Å². The second kappa shape index (κ2) is 5.50. The minimum atomic E-state index is 0.273. The van der Waals surface area contributed by atoms with Crippen LogP contribution in [0.4, 0.5) is 0 Å². The Morgan fingerprint density at radius 3 is 3.06 bits per heavy atom. The number of nitrogens with one attached hydrogen (secondary N) is 1. The molecule has 0 saturated carbocycles. The molecule has 2 heterocycles. The zero-order valence-corrected chi connectivity index (χ0v) is 10.6. The molecule has 1 N–H and O–H groups in total. The van der Waals surface area contributed by atoms with Crippen molar-refractivity contribution in [3.63, 3.8) is 0 Å². The summed E-state index contributed by atoms with van der Waals surface area (Å²) in [4.78, 5) is 8.29. The molecule has 0 aliphatic heterocycles. The van der Waals surface area contributed by atoms with Gasteiger partial charge in [0, 0.05) is 0 Å². The van der Waals surface area contributed by atoms with Crippen LogP contribution in [-0.2, 0) is 0 Å². The van der Waals surface area contributed by atoms with Crippen LogP contribution in [0.1, 0.15) is 26.2 Å². The van der Waals surface area contributed by atoms with E-state index in [2.05, 4.69) is 27.1 Å². The standard InChI is InChI=1S/C10H13ClN4S/c1-2-3-4-5-16-9-7-6-12-15-8(7)13-10(11)14-9/h6H,2-5H2,1H3,(H,12,13,14,15). The molecule has 0 radical (unpaired) electrons. The Morgan fingerprint density at radius 1 is 1.38 bits per heavy atom. The fourth-order valence-corrected chi connectivity index (χ4v) is 2.63. The lowest BCUT2D eigenvalue weighted by molar-refractivity contribution is 0.778. The smallest absolute Gasteiger partial charge is 0.225 e. The van der Waals surface area contributed by atoms with E-state index in [9.17, 15) is 0 Å². The van der Waals surface area contributed by atoms with Crippen LogP contribution in [0.25, 0.3) is 11.0 Å². The van der Waals surface area contributed by atoms with E-state index in [4.69, 9.17) is 11.6 Å². The Kier molecular flexibility index (Phi) is 4.01. The summed E-state index contributed by atoms with van der Waals surface area (Å²) < 4.78 is 0. The first-order valence-corrected chi connectivity index (χ1v) is 6.67. The summed E-state index contributed by atoms with van der Waals surface area (Å²) in [6, 6.07) is 0. The summed E-state index contributed by atoms with van der Waals surface area (Å²) in [5.74, 6) is 1.06. The molecule has 6 heteroatoms. The largest absolute Gasteiger partial charge is 0.261 e. The molecule has 0 fully saturated rings. The number of rotatable bonds is 5. The Balaban J connectivity index is 2.12. The maximum absolute atomic E-state index is 5.84. The fourth-order valence-electron chi connectivity index (χ4n) is 1.41. The molecule has 86 valence electrons. The van der Waals surface area contributed by atoms with E-state index in [0.29, 0.717) is 5.65 Å². The highest BCUT2D eigenvalue weighted by molar-refractivity contribution is 7.99. The molecule has 0 saturated heterocycles. The minimum Gasteiger partial charge on any atom is -0.261 e. The van der Waals surface area contributed by atoms with Gasteiger partial charge in [-0.15, -0.1) is 11.8 Å². The maximum atomic E-state index is 5.84. The number of aromatic amines is 1. The summed E-state index contributed by atoms with van der Waals surface area (Å²) in [5.41, 5.74) is 0.706. The average Bonchev–Trinajstić information content (AvgIpc) is 2.72. The van der Waals surface area contributed by atoms with Crippen LogP contribution in [-0.4, -0.2) is 25.9 Å². The van der Waals surface area contributed by atoms with Crippen molar-refractivity contribution in [1.29, 1.82) is 0 Å². The number of aromatic nitrogens is 4. The van der Waals surface area contributed by atoms with Crippen molar-refractivity contribution in [3.05, 3.63) is 11.5 Å². The van der Waals surface area contributed by atoms with Crippen LogP contribution in [0.3, 0.4) is 0 Å². The van der Waals surface area contributed by atoms with E-state index in [1.54, 1.807) is 18.0 Å². The second-order valence-corrected chi connectivity index (χ2v) is 4.91. The van der Waals surface area contributed by atoms with E-state index in [-0.39, 0.29) is 5.28 Å². The summed E-state index contributed by atoms with van der Waals surface area (Å²) in [7, 11) is 0. The van der Waals surface area contributed by atoms with Gasteiger partial charge in [0.15, 0.2) is 5.65 Å². The monoisotopic (exact) mass is 256 g/mol. The van der Waals surface area contributed by atoms with Crippen molar-refractivity contribution >= 4 is 34.4 Å². The molecule has 0 bridgehead atoms. The molecule has 2 rings (SSSR count). The minimum absolute atomic E-state index is 0.273. The number of fused-ring (bicyclic) bond motifs is 1. The van der Waals surface area contributed by atoms with Gasteiger partial charge in [-0.2, -0.15) is 10.1 Å². The predicted octanol–water partition coefficient (Wildman–Crippen LogP) is 3.29. The molecule has 0 aliphatic rings. The van der Waals surface area contributed by atoms with Gasteiger partial charge in [0.05, 0.1) is 11.6 Å². The second-order valence-electron chi connectivity index (χ2n) is 3.49. The van der Waals surface area contributed by atoms with E-state index in [1.807, 2.05) is 0 Å². The quantitative estimate of drug-likeness (QED) is 0.386. The lowest BCUT2D eigenvalue weighted by atomic mass is 10.3. The number of H-pyrrole nitrogens is 1. The third-order valence-electron chi connectivity index (χ3n) is 2.23. The first-order valence-electron chi connectivity index (χ1n) is 5.30. The Labute approximate surface area is 103 Å². The van der Waals surface area contributed by atoms with Crippen molar-refractivity contribution in [2.75, 3.05) is 5.75 Å². The van der Waals surface area contributed by atoms with Gasteiger partial charge >= 0.3 is 0 Å². The molecule has 16 heavy (non-hydrogen) atoms. The van der Waals surface area contributed by atoms with E-state index < -0.39 is 0 Å². The molecule has 0 atom stereocenters. The third-order valence-corrected chi connectivity index (χ3v) is 3.48. The van der Waals surface area contributed by atoms with Gasteiger partial charge in [-0.25, -0.2) is 4.98 Å². The first kappa shape index (κ1) is 11.7. The van der Waals surface area contributed by atoms with Crippen molar-refractivity contribution < 1.29 is 0 Å². The third kappa shape index (κ3) is 2.65. The number of unbranched alkanes of at least 4 members (excludes halogenated alkanes) is 2. The molecule has 0 aromatic carbocycles. The highest BCUT2D eigenvalue weighted by Crippen LogP contribution is 2.26. The number of thioether (sulfide) groups is 1. The Morgan fingerprint density at radius 2 is 2.25 bits per heavy atom. The molecule has 0 unspecified atom stereocenters. The highest BCUT2D eigenvalue weighted by atomic mass is 35.5. The van der Waals surface area contributed by atoms with Crippen molar-refractivity contribution in [2.45, 2.75) is 31.2 Å². The van der Waals surface area contributed by atoms with Gasteiger partial charge in [-0.3, -0.25) is 5.10 Å². The Bertz CT molecular complexity index is 471. The maximum Gasteiger partial charge on any atom is 0.225 e. The molecule has 0 amide bonds. The molecule has 2 aromatic rings. The van der Waals surface area contributed by atoms with E-state index >= 15 is 0 Å². The molecule has 4 nitrogen and oxygen atoms in total. The number of hydrogen-bond donors (Lipinski definition) is 1. The molecular weight excluding hydrogens is 244 g/mol. The van der Waals surface area contributed by atoms with Crippen LogP contribution in [0.2, 0.25) is 5.28 Å². The summed E-state index contributed by atoms with van der Waals surface area (Å²) >= 11 is 7.55. The predicted molar refractivity (Wildman–Crippen MR) is 66.9 cm³/mol. The summed E-state index contributed by atoms with van der Waals surface area (Å²) in [5, 5.41) is 8.89. The van der Waals surface area contributed by atoms with Gasteiger partial charge in [-0.1, -0.05) is 19.8 Å². The molecule has 0 spiro atoms. The molecule has 0 aliphatic carbocycles. The highest BCUT2D eigenvalue weighted by Gasteiger charge is 2.08. The van der Waals surface area contributed by atoms with Crippen LogP contribution in [0.15, 0.2) is 11.2 Å². The first-order chi connectivity index (χ1) is 7.81. The molecule has 2 aromatic heterocycles. The van der Waals surface area contributed by atoms with Crippen LogP contribution in [0, 0.1) is 0 Å². The zero-order valence-electron chi connectivity index (χ0n) is 9.03. The van der Waals surface area contributed by atoms with Gasteiger partial charge in [0.25, 0.3) is 0 Å². The van der Waals surface area contributed by atoms with Gasteiger partial charge < -0.3 is 0 Å². The van der Waals surface area contributed by atoms with E-state index in [1.165, 1.54) is 19.3 Å². The van der Waals surface area contributed by atoms with Crippen LogP contribution in [0.5, 0.6) is 0 Å². The Hall–Kier alpha value is -0.810. The van der Waals surface area contributed by atoms with Crippen molar-refractivity contribution in [3.8, 4) is 0 Å². The van der Waals surface area contributed by atoms with Crippen molar-refractivity contribution in [2.24, 2.45) is 0 Å². The normalized spacial score (nSPS) is 11.1. The lowest BCUT2D eigenvalue weighted by Crippen LogP contribution is -1.89. The topological polar surface area (TPSA) is 54.5 Å². The fraction of sp³-hybridized carbons (Fsp3) is 0.500. The van der Waals surface area contributed by atoms with Crippen molar-refractivity contribution in [1.82, 2.24) is 20.2 Å². The number of halogens is 1. The van der Waals surface area contributed by atoms with Gasteiger partial charge in [0.1, 0.15) is 5.03 Å². The molecular formula is C10H13ClN4S. The zero-order chi connectivity index (χ0) is 11.4. The number of hydrogen-bond acceptors (Lipinski definition) is 4. The van der Waals surface area contributed by atoms with Gasteiger partial charge in [0.2, 0.25) is 5.28 Å². The van der Waals surface area contributed by atoms with Crippen LogP contribution < -0.4 is 0 Å². The summed E-state index contributed by atoms with van der Waals surface area (Å²) in [6.07, 6.45) is 5.42. The SMILES string of the molecule is CCCCCSc1nc(Cl)nc2[nH]ncc12. The van der Waals surface area contributed by atoms with Crippen LogP contribution >= 0.6 is 23.4 Å². The lowest BCUT2D eigenvalue weighted by Gasteiger charge is -2.01. The number of nitrogens with zero attached hydrogens (tertiary/aromatic N) is 3. The van der Waals surface area contributed by atoms with Gasteiger partial charge in [-0.05, 0) is 23.8 Å².